The van der Waals surface area contributed by atoms with Gasteiger partial charge >= 0.3 is 0 Å². The third-order valence-electron chi connectivity index (χ3n) is 2.99. The summed E-state index contributed by atoms with van der Waals surface area (Å²) in [5.41, 5.74) is 0.249. The van der Waals surface area contributed by atoms with E-state index in [2.05, 4.69) is 0 Å². The van der Waals surface area contributed by atoms with Gasteiger partial charge in [-0.1, -0.05) is 54.6 Å². The summed E-state index contributed by atoms with van der Waals surface area (Å²) >= 11 is 0. The number of rotatable bonds is 1. The second kappa shape index (κ2) is 3.59. The van der Waals surface area contributed by atoms with Crippen LogP contribution in [0.4, 0.5) is 0 Å². The molecule has 0 spiro atoms. The van der Waals surface area contributed by atoms with Crippen LogP contribution in [0.25, 0.3) is 21.5 Å². The zero-order valence-corrected chi connectivity index (χ0v) is 9.01. The molecule has 3 aromatic carbocycles. The van der Waals surface area contributed by atoms with Gasteiger partial charge in [0, 0.05) is 5.56 Å². The Morgan fingerprint density at radius 3 is 2.35 bits per heavy atom. The zero-order chi connectivity index (χ0) is 11.8. The molecule has 0 aliphatic heterocycles. The van der Waals surface area contributed by atoms with Crippen molar-refractivity contribution in [3.63, 3.8) is 0 Å². The van der Waals surface area contributed by atoms with Gasteiger partial charge in [-0.15, -0.1) is 0 Å². The molecule has 0 amide bonds. The largest absolute Gasteiger partial charge is 0.545 e. The Kier molecular flexibility index (Phi) is 2.08. The summed E-state index contributed by atoms with van der Waals surface area (Å²) in [5, 5.41) is 14.8. The summed E-state index contributed by atoms with van der Waals surface area (Å²) in [4.78, 5) is 11.1. The highest BCUT2D eigenvalue weighted by atomic mass is 16.4. The Morgan fingerprint density at radius 2 is 1.53 bits per heavy atom. The lowest BCUT2D eigenvalue weighted by atomic mass is 9.98. The number of carboxylic acids is 1. The van der Waals surface area contributed by atoms with E-state index in [4.69, 9.17) is 0 Å². The molecule has 0 fully saturated rings. The molecule has 0 aromatic heterocycles. The summed E-state index contributed by atoms with van der Waals surface area (Å²) in [7, 11) is 0. The van der Waals surface area contributed by atoms with E-state index >= 15 is 0 Å². The summed E-state index contributed by atoms with van der Waals surface area (Å²) in [5.74, 6) is -1.13. The summed E-state index contributed by atoms with van der Waals surface area (Å²) in [6.07, 6.45) is 0. The van der Waals surface area contributed by atoms with Crippen LogP contribution in [0.15, 0.2) is 54.6 Å². The molecule has 0 unspecified atom stereocenters. The number of carboxylic acid groups (broad SMARTS) is 1. The van der Waals surface area contributed by atoms with Gasteiger partial charge in [-0.05, 0) is 21.5 Å². The van der Waals surface area contributed by atoms with Crippen LogP contribution >= 0.6 is 0 Å². The minimum Gasteiger partial charge on any atom is -0.545 e. The first kappa shape index (κ1) is 9.85. The number of aromatic carboxylic acids is 1. The third-order valence-corrected chi connectivity index (χ3v) is 2.99. The predicted octanol–water partition coefficient (Wildman–Crippen LogP) is 2.36. The smallest absolute Gasteiger partial charge is 0.0721 e. The molecular formula is C15H9O2-. The van der Waals surface area contributed by atoms with Gasteiger partial charge in [0.1, 0.15) is 0 Å². The van der Waals surface area contributed by atoms with Crippen molar-refractivity contribution in [3.05, 3.63) is 60.2 Å². The average molecular weight is 221 g/mol. The van der Waals surface area contributed by atoms with Crippen molar-refractivity contribution in [2.24, 2.45) is 0 Å². The number of fused-ring (bicyclic) bond motifs is 3. The third kappa shape index (κ3) is 1.46. The van der Waals surface area contributed by atoms with Crippen molar-refractivity contribution in [1.82, 2.24) is 0 Å². The van der Waals surface area contributed by atoms with Crippen LogP contribution in [0.3, 0.4) is 0 Å². The normalized spacial score (nSPS) is 10.8. The van der Waals surface area contributed by atoms with Gasteiger partial charge in [0.15, 0.2) is 0 Å². The molecule has 0 radical (unpaired) electrons. The molecule has 0 bridgehead atoms. The lowest BCUT2D eigenvalue weighted by Gasteiger charge is -2.10. The van der Waals surface area contributed by atoms with Crippen molar-refractivity contribution < 1.29 is 9.90 Å². The first-order valence-corrected chi connectivity index (χ1v) is 5.39. The highest BCUT2D eigenvalue weighted by molar-refractivity contribution is 6.15. The first-order chi connectivity index (χ1) is 8.27. The molecule has 3 aromatic rings. The molecule has 0 aliphatic rings. The number of hydrogen-bond donors (Lipinski definition) is 0. The Hall–Kier alpha value is -2.35. The molecule has 0 heterocycles. The van der Waals surface area contributed by atoms with E-state index in [1.807, 2.05) is 42.5 Å². The zero-order valence-electron chi connectivity index (χ0n) is 9.01. The SMILES string of the molecule is O=C([O-])c1cccc2ccc3ccccc3c12. The quantitative estimate of drug-likeness (QED) is 0.592. The van der Waals surface area contributed by atoms with E-state index in [1.54, 1.807) is 12.1 Å². The lowest BCUT2D eigenvalue weighted by molar-refractivity contribution is -0.254. The Bertz CT molecular complexity index is 729. The topological polar surface area (TPSA) is 40.1 Å². The molecule has 0 aliphatic carbocycles. The number of benzene rings is 3. The van der Waals surface area contributed by atoms with Crippen molar-refractivity contribution >= 4 is 27.5 Å². The molecule has 0 atom stereocenters. The van der Waals surface area contributed by atoms with E-state index in [0.29, 0.717) is 0 Å². The van der Waals surface area contributed by atoms with Crippen LogP contribution in [0, 0.1) is 0 Å². The number of carbonyl (C=O) groups is 1. The molecule has 0 saturated carbocycles. The Labute approximate surface area is 98.1 Å². The van der Waals surface area contributed by atoms with Gasteiger partial charge in [-0.2, -0.15) is 0 Å². The summed E-state index contributed by atoms with van der Waals surface area (Å²) in [6, 6.07) is 16.9. The Morgan fingerprint density at radius 1 is 0.824 bits per heavy atom. The average Bonchev–Trinajstić information content (AvgIpc) is 2.37. The maximum absolute atomic E-state index is 11.1. The Balaban J connectivity index is 2.59. The van der Waals surface area contributed by atoms with Crippen LogP contribution in [-0.4, -0.2) is 5.97 Å². The van der Waals surface area contributed by atoms with Gasteiger partial charge < -0.3 is 9.90 Å². The minimum atomic E-state index is -1.13. The maximum atomic E-state index is 11.1. The van der Waals surface area contributed by atoms with Crippen LogP contribution < -0.4 is 5.11 Å². The molecule has 0 saturated heterocycles. The number of hydrogen-bond acceptors (Lipinski definition) is 2. The van der Waals surface area contributed by atoms with Crippen molar-refractivity contribution in [2.75, 3.05) is 0 Å². The number of carbonyl (C=O) groups excluding carboxylic acids is 1. The van der Waals surface area contributed by atoms with Crippen molar-refractivity contribution in [3.8, 4) is 0 Å². The fourth-order valence-corrected chi connectivity index (χ4v) is 2.23. The van der Waals surface area contributed by atoms with Crippen LogP contribution in [-0.2, 0) is 0 Å². The standard InChI is InChI=1S/C15H10O2/c16-15(17)13-7-3-5-11-9-8-10-4-1-2-6-12(10)14(11)13/h1-9H,(H,16,17)/p-1. The fourth-order valence-electron chi connectivity index (χ4n) is 2.23. The molecule has 2 heteroatoms. The van der Waals surface area contributed by atoms with Gasteiger partial charge in [0.05, 0.1) is 5.97 Å². The van der Waals surface area contributed by atoms with Crippen molar-refractivity contribution in [1.29, 1.82) is 0 Å². The lowest BCUT2D eigenvalue weighted by Crippen LogP contribution is -2.22. The van der Waals surface area contributed by atoms with Crippen LogP contribution in [0.1, 0.15) is 10.4 Å². The van der Waals surface area contributed by atoms with E-state index in [9.17, 15) is 9.90 Å². The summed E-state index contributed by atoms with van der Waals surface area (Å²) in [6.45, 7) is 0. The molecule has 17 heavy (non-hydrogen) atoms. The van der Waals surface area contributed by atoms with Crippen LogP contribution in [0.2, 0.25) is 0 Å². The molecule has 0 N–H and O–H groups in total. The van der Waals surface area contributed by atoms with E-state index in [0.717, 1.165) is 21.5 Å². The van der Waals surface area contributed by atoms with E-state index in [1.165, 1.54) is 0 Å². The van der Waals surface area contributed by atoms with Crippen molar-refractivity contribution in [2.45, 2.75) is 0 Å². The minimum absolute atomic E-state index is 0.249. The molecular weight excluding hydrogens is 212 g/mol. The highest BCUT2D eigenvalue weighted by Gasteiger charge is 2.05. The fraction of sp³-hybridized carbons (Fsp3) is 0. The van der Waals surface area contributed by atoms with Gasteiger partial charge in [0.2, 0.25) is 0 Å². The molecule has 2 nitrogen and oxygen atoms in total. The second-order valence-corrected chi connectivity index (χ2v) is 3.98. The second-order valence-electron chi connectivity index (χ2n) is 3.98. The predicted molar refractivity (Wildman–Crippen MR) is 65.8 cm³/mol. The van der Waals surface area contributed by atoms with Gasteiger partial charge in [0.25, 0.3) is 0 Å². The van der Waals surface area contributed by atoms with Gasteiger partial charge in [-0.3, -0.25) is 0 Å². The molecule has 3 rings (SSSR count). The van der Waals surface area contributed by atoms with Gasteiger partial charge in [-0.25, -0.2) is 0 Å². The van der Waals surface area contributed by atoms with E-state index < -0.39 is 5.97 Å². The van der Waals surface area contributed by atoms with E-state index in [-0.39, 0.29) is 5.56 Å². The highest BCUT2D eigenvalue weighted by Crippen LogP contribution is 2.27. The maximum Gasteiger partial charge on any atom is 0.0721 e. The monoisotopic (exact) mass is 221 g/mol. The molecule has 82 valence electrons. The first-order valence-electron chi connectivity index (χ1n) is 5.39. The summed E-state index contributed by atoms with van der Waals surface area (Å²) < 4.78 is 0. The van der Waals surface area contributed by atoms with Crippen LogP contribution in [0.5, 0.6) is 0 Å².